The van der Waals surface area contributed by atoms with Crippen molar-refractivity contribution in [3.8, 4) is 17.0 Å². The summed E-state index contributed by atoms with van der Waals surface area (Å²) in [7, 11) is 1.70. The van der Waals surface area contributed by atoms with Crippen LogP contribution in [0.15, 0.2) is 36.4 Å². The first kappa shape index (κ1) is 25.0. The number of carbonyl (C=O) groups excluding carboxylic acids is 2. The minimum absolute atomic E-state index is 0.135. The lowest BCUT2D eigenvalue weighted by Crippen LogP contribution is -2.45. The molecular weight excluding hydrogens is 510 g/mol. The molecule has 204 valence electrons. The zero-order chi connectivity index (χ0) is 26.7. The number of benzene rings is 2. The van der Waals surface area contributed by atoms with Crippen molar-refractivity contribution in [1.82, 2.24) is 14.2 Å². The predicted octanol–water partition coefficient (Wildman–Crippen LogP) is 5.29. The Morgan fingerprint density at radius 2 is 1.87 bits per heavy atom. The van der Waals surface area contributed by atoms with Crippen LogP contribution in [-0.2, 0) is 16.1 Å². The molecule has 0 spiro atoms. The first-order valence-corrected chi connectivity index (χ1v) is 14.7. The minimum Gasteiger partial charge on any atom is -0.497 e. The van der Waals surface area contributed by atoms with Gasteiger partial charge in [-0.3, -0.25) is 14.3 Å². The van der Waals surface area contributed by atoms with Crippen molar-refractivity contribution in [3.63, 3.8) is 0 Å². The van der Waals surface area contributed by atoms with Crippen molar-refractivity contribution in [2.45, 2.75) is 56.9 Å². The number of carbonyl (C=O) groups is 2. The van der Waals surface area contributed by atoms with E-state index in [2.05, 4.69) is 40.3 Å². The molecule has 8 heteroatoms. The molecule has 0 radical (unpaired) electrons. The molecule has 7 nitrogen and oxygen atoms in total. The molecule has 1 saturated heterocycles. The summed E-state index contributed by atoms with van der Waals surface area (Å²) in [6, 6.07) is 12.4. The molecule has 4 aliphatic rings. The highest BCUT2D eigenvalue weighted by Gasteiger charge is 2.63. The maximum absolute atomic E-state index is 14.3. The number of ether oxygens (including phenoxy) is 2. The highest BCUT2D eigenvalue weighted by molar-refractivity contribution is 7.78. The fourth-order valence-corrected chi connectivity index (χ4v) is 7.70. The second-order valence-electron chi connectivity index (χ2n) is 11.6. The fraction of sp³-hybridized carbons (Fsp3) is 0.484. The van der Waals surface area contributed by atoms with Gasteiger partial charge in [0.25, 0.3) is 5.91 Å². The van der Waals surface area contributed by atoms with Gasteiger partial charge in [0.05, 0.1) is 31.4 Å². The predicted molar refractivity (Wildman–Crippen MR) is 153 cm³/mol. The van der Waals surface area contributed by atoms with Crippen molar-refractivity contribution >= 4 is 35.5 Å². The Bertz CT molecular complexity index is 1470. The van der Waals surface area contributed by atoms with E-state index < -0.39 is 5.41 Å². The number of hydrogen-bond donors (Lipinski definition) is 2. The smallest absolute Gasteiger partial charge is 0.260 e. The quantitative estimate of drug-likeness (QED) is 0.438. The first-order chi connectivity index (χ1) is 19.1. The van der Waals surface area contributed by atoms with Crippen molar-refractivity contribution in [1.29, 1.82) is 0 Å². The van der Waals surface area contributed by atoms with E-state index in [1.54, 1.807) is 7.11 Å². The van der Waals surface area contributed by atoms with Crippen LogP contribution in [0.1, 0.15) is 71.8 Å². The molecule has 2 unspecified atom stereocenters. The Balaban J connectivity index is 1.48. The number of nitrogens with one attached hydrogen (secondary N) is 1. The number of nitrogens with zero attached hydrogens (tertiary/aromatic N) is 2. The number of aromatic nitrogens is 1. The summed E-state index contributed by atoms with van der Waals surface area (Å²) >= 11 is 4.02. The summed E-state index contributed by atoms with van der Waals surface area (Å²) in [6.45, 7) is 3.05. The number of methoxy groups -OCH3 is 1. The molecule has 1 aromatic heterocycles. The number of amides is 2. The molecule has 2 aromatic carbocycles. The number of morpholine rings is 1. The van der Waals surface area contributed by atoms with E-state index in [0.29, 0.717) is 44.3 Å². The molecule has 2 aliphatic carbocycles. The van der Waals surface area contributed by atoms with Gasteiger partial charge in [0.15, 0.2) is 0 Å². The zero-order valence-corrected chi connectivity index (χ0v) is 23.3. The van der Waals surface area contributed by atoms with Crippen molar-refractivity contribution in [3.05, 3.63) is 53.1 Å². The summed E-state index contributed by atoms with van der Waals surface area (Å²) in [5, 5.41) is 1.20. The maximum atomic E-state index is 14.3. The van der Waals surface area contributed by atoms with Gasteiger partial charge in [-0.2, -0.15) is 0 Å². The third kappa shape index (κ3) is 3.90. The van der Waals surface area contributed by atoms with E-state index >= 15 is 0 Å². The normalized spacial score (nSPS) is 24.4. The van der Waals surface area contributed by atoms with Crippen LogP contribution in [-0.4, -0.2) is 54.7 Å². The molecule has 1 N–H and O–H groups in total. The Hall–Kier alpha value is -2.97. The van der Waals surface area contributed by atoms with Gasteiger partial charge in [0, 0.05) is 47.6 Å². The van der Waals surface area contributed by atoms with E-state index in [0.717, 1.165) is 30.5 Å². The summed E-state index contributed by atoms with van der Waals surface area (Å²) < 4.78 is 16.1. The highest BCUT2D eigenvalue weighted by Crippen LogP contribution is 2.66. The van der Waals surface area contributed by atoms with E-state index in [1.165, 1.54) is 47.0 Å². The summed E-state index contributed by atoms with van der Waals surface area (Å²) in [6.07, 6.45) is 6.89. The van der Waals surface area contributed by atoms with Crippen LogP contribution in [0.4, 0.5) is 0 Å². The molecule has 2 atom stereocenters. The third-order valence-electron chi connectivity index (χ3n) is 9.61. The topological polar surface area (TPSA) is 72.8 Å². The van der Waals surface area contributed by atoms with Crippen molar-refractivity contribution < 1.29 is 19.1 Å². The molecular formula is C31H35N3O4S. The standard InChI is InChI=1S/C31H35N3O4S/c1-37-21-8-10-22-24(16-21)25-17-31(25,30(36)33-11-13-38-14-12-33)18-34-26-15-20(29(35)32-39)7-9-23(26)27(28(22)34)19-5-3-2-4-6-19/h7-10,15-16,19,25,39H,2-6,11-14,17-18H2,1H3,(H,32,35). The molecule has 3 aromatic rings. The highest BCUT2D eigenvalue weighted by atomic mass is 32.1. The SMILES string of the molecule is COc1ccc2c(c1)C1CC1(C(=O)N1CCOCC1)Cn1c-2c(C2CCCCC2)c2ccc(C(=O)NS)cc21. The third-order valence-corrected chi connectivity index (χ3v) is 9.81. The summed E-state index contributed by atoms with van der Waals surface area (Å²) in [4.78, 5) is 28.9. The van der Waals surface area contributed by atoms with Gasteiger partial charge in [-0.1, -0.05) is 38.1 Å². The van der Waals surface area contributed by atoms with Crippen molar-refractivity contribution in [2.75, 3.05) is 33.4 Å². The lowest BCUT2D eigenvalue weighted by Gasteiger charge is -2.31. The number of rotatable bonds is 4. The monoisotopic (exact) mass is 545 g/mol. The fourth-order valence-electron chi connectivity index (χ4n) is 7.57. The first-order valence-electron chi connectivity index (χ1n) is 14.2. The summed E-state index contributed by atoms with van der Waals surface area (Å²) in [5.41, 5.74) is 6.11. The lowest BCUT2D eigenvalue weighted by molar-refractivity contribution is -0.141. The molecule has 39 heavy (non-hydrogen) atoms. The molecule has 3 fully saturated rings. The van der Waals surface area contributed by atoms with Crippen molar-refractivity contribution in [2.24, 2.45) is 5.41 Å². The molecule has 7 rings (SSSR count). The minimum atomic E-state index is -0.513. The molecule has 2 saturated carbocycles. The Kier molecular flexibility index (Phi) is 6.16. The number of fused-ring (bicyclic) bond motifs is 7. The van der Waals surface area contributed by atoms with Gasteiger partial charge in [0.1, 0.15) is 5.75 Å². The average molecular weight is 546 g/mol. The zero-order valence-electron chi connectivity index (χ0n) is 22.4. The van der Waals surface area contributed by atoms with Gasteiger partial charge in [-0.05, 0) is 66.6 Å². The second-order valence-corrected chi connectivity index (χ2v) is 11.9. The van der Waals surface area contributed by atoms with E-state index in [4.69, 9.17) is 9.47 Å². The van der Waals surface area contributed by atoms with Crippen LogP contribution in [0.25, 0.3) is 22.2 Å². The summed E-state index contributed by atoms with van der Waals surface area (Å²) in [5.74, 6) is 1.41. The largest absolute Gasteiger partial charge is 0.497 e. The van der Waals surface area contributed by atoms with Gasteiger partial charge >= 0.3 is 0 Å². The van der Waals surface area contributed by atoms with Gasteiger partial charge < -0.3 is 18.9 Å². The average Bonchev–Trinajstić information content (AvgIpc) is 3.67. The van der Waals surface area contributed by atoms with Crippen LogP contribution < -0.4 is 9.46 Å². The van der Waals surface area contributed by atoms with E-state index in [1.807, 2.05) is 23.1 Å². The number of thiol groups is 1. The van der Waals surface area contributed by atoms with Gasteiger partial charge in [-0.15, -0.1) is 0 Å². The van der Waals surface area contributed by atoms with E-state index in [9.17, 15) is 9.59 Å². The Morgan fingerprint density at radius 1 is 1.08 bits per heavy atom. The Labute approximate surface area is 234 Å². The van der Waals surface area contributed by atoms with Gasteiger partial charge in [0.2, 0.25) is 5.91 Å². The van der Waals surface area contributed by atoms with Crippen LogP contribution >= 0.6 is 12.8 Å². The Morgan fingerprint density at radius 3 is 2.62 bits per heavy atom. The second kappa shape index (κ2) is 9.59. The molecule has 3 heterocycles. The van der Waals surface area contributed by atoms with Crippen LogP contribution in [0.2, 0.25) is 0 Å². The molecule has 2 aliphatic heterocycles. The number of hydrogen-bond acceptors (Lipinski definition) is 5. The van der Waals surface area contributed by atoms with E-state index in [-0.39, 0.29) is 17.7 Å². The molecule has 2 amide bonds. The maximum Gasteiger partial charge on any atom is 0.260 e. The van der Waals surface area contributed by atoms with Crippen LogP contribution in [0.3, 0.4) is 0 Å². The van der Waals surface area contributed by atoms with Gasteiger partial charge in [-0.25, -0.2) is 0 Å². The van der Waals surface area contributed by atoms with Crippen LogP contribution in [0, 0.1) is 5.41 Å². The lowest BCUT2D eigenvalue weighted by atomic mass is 9.81. The molecule has 0 bridgehead atoms. The van der Waals surface area contributed by atoms with Crippen LogP contribution in [0.5, 0.6) is 5.75 Å².